The third kappa shape index (κ3) is 7.20. The second-order valence-corrected chi connectivity index (χ2v) is 6.94. The molecule has 0 aliphatic heterocycles. The molecule has 0 amide bonds. The average Bonchev–Trinajstić information content (AvgIpc) is 3.22. The number of aromatic nitrogens is 1. The first kappa shape index (κ1) is 22.5. The van der Waals surface area contributed by atoms with E-state index in [0.29, 0.717) is 50.5 Å². The molecule has 3 rings (SSSR count). The van der Waals surface area contributed by atoms with Gasteiger partial charge < -0.3 is 20.1 Å². The minimum absolute atomic E-state index is 0.106. The molecule has 0 aliphatic rings. The van der Waals surface area contributed by atoms with Crippen molar-refractivity contribution in [1.29, 1.82) is 0 Å². The minimum atomic E-state index is -0.240. The highest BCUT2D eigenvalue weighted by atomic mass is 19.1. The van der Waals surface area contributed by atoms with Crippen molar-refractivity contribution in [3.8, 4) is 11.1 Å². The Hall–Kier alpha value is -3.23. The quantitative estimate of drug-likeness (QED) is 0.247. The van der Waals surface area contributed by atoms with Crippen molar-refractivity contribution >= 4 is 11.8 Å². The Morgan fingerprint density at radius 2 is 1.97 bits per heavy atom. The summed E-state index contributed by atoms with van der Waals surface area (Å²) in [7, 11) is 0. The summed E-state index contributed by atoms with van der Waals surface area (Å²) in [5.41, 5.74) is 8.88. The second-order valence-electron chi connectivity index (χ2n) is 6.94. The van der Waals surface area contributed by atoms with Crippen molar-refractivity contribution in [2.75, 3.05) is 31.7 Å². The van der Waals surface area contributed by atoms with Gasteiger partial charge in [0.2, 0.25) is 5.88 Å². The fraction of sp³-hybridized carbons (Fsp3) is 0.304. The van der Waals surface area contributed by atoms with Crippen molar-refractivity contribution < 1.29 is 18.8 Å². The minimum Gasteiger partial charge on any atom is -0.396 e. The van der Waals surface area contributed by atoms with Crippen LogP contribution in [-0.4, -0.2) is 42.6 Å². The smallest absolute Gasteiger partial charge is 0.231 e. The van der Waals surface area contributed by atoms with Gasteiger partial charge >= 0.3 is 0 Å². The van der Waals surface area contributed by atoms with Crippen LogP contribution < -0.4 is 11.1 Å². The average molecular weight is 426 g/mol. The van der Waals surface area contributed by atoms with Crippen LogP contribution in [0.15, 0.2) is 64.1 Å². The molecule has 0 unspecified atom stereocenters. The molecule has 0 aliphatic carbocycles. The van der Waals surface area contributed by atoms with Gasteiger partial charge in [-0.3, -0.25) is 10.3 Å². The normalized spacial score (nSPS) is 11.6. The van der Waals surface area contributed by atoms with Crippen LogP contribution in [0.3, 0.4) is 0 Å². The van der Waals surface area contributed by atoms with Gasteiger partial charge in [0.1, 0.15) is 5.82 Å². The van der Waals surface area contributed by atoms with E-state index >= 15 is 0 Å². The molecule has 0 radical (unpaired) electrons. The molecule has 1 heterocycles. The first-order chi connectivity index (χ1) is 15.2. The summed E-state index contributed by atoms with van der Waals surface area (Å²) in [4.78, 5) is 4.13. The van der Waals surface area contributed by atoms with Crippen molar-refractivity contribution in [3.63, 3.8) is 0 Å². The maximum atomic E-state index is 14.5. The van der Waals surface area contributed by atoms with Gasteiger partial charge in [0.05, 0.1) is 18.8 Å². The molecule has 7 nitrogen and oxygen atoms in total. The lowest BCUT2D eigenvalue weighted by Gasteiger charge is -2.06. The van der Waals surface area contributed by atoms with E-state index in [2.05, 4.69) is 15.5 Å². The Kier molecular flexibility index (Phi) is 8.57. The number of aliphatic imine (C=N–C) groups is 1. The Morgan fingerprint density at radius 1 is 1.13 bits per heavy atom. The Labute approximate surface area is 180 Å². The summed E-state index contributed by atoms with van der Waals surface area (Å²) in [5, 5.41) is 15.5. The topological polar surface area (TPSA) is 106 Å². The second kappa shape index (κ2) is 11.8. The van der Waals surface area contributed by atoms with Crippen LogP contribution in [0.5, 0.6) is 0 Å². The highest BCUT2D eigenvalue weighted by Gasteiger charge is 2.09. The highest BCUT2D eigenvalue weighted by molar-refractivity contribution is 5.90. The Bertz CT molecular complexity index is 976. The number of aryl methyl sites for hydroxylation is 2. The molecular weight excluding hydrogens is 399 g/mol. The van der Waals surface area contributed by atoms with Crippen LogP contribution in [0.2, 0.25) is 0 Å². The number of aliphatic hydroxyl groups excluding tert-OH is 1. The van der Waals surface area contributed by atoms with E-state index in [0.717, 1.165) is 16.8 Å². The number of nitrogens with zero attached hydrogens (tertiary/aromatic N) is 2. The summed E-state index contributed by atoms with van der Waals surface area (Å²) in [6.07, 6.45) is 1.83. The van der Waals surface area contributed by atoms with Crippen LogP contribution in [0, 0.1) is 5.82 Å². The van der Waals surface area contributed by atoms with Crippen LogP contribution in [0.1, 0.15) is 17.7 Å². The Morgan fingerprint density at radius 3 is 2.74 bits per heavy atom. The van der Waals surface area contributed by atoms with Crippen LogP contribution >= 0.6 is 0 Å². The van der Waals surface area contributed by atoms with Crippen molar-refractivity contribution in [2.45, 2.75) is 19.3 Å². The fourth-order valence-corrected chi connectivity index (χ4v) is 2.99. The van der Waals surface area contributed by atoms with Gasteiger partial charge in [-0.2, -0.15) is 0 Å². The predicted molar refractivity (Wildman–Crippen MR) is 118 cm³/mol. The number of ether oxygens (including phenoxy) is 1. The first-order valence-corrected chi connectivity index (χ1v) is 10.2. The summed E-state index contributed by atoms with van der Waals surface area (Å²) < 4.78 is 25.0. The number of nitrogens with one attached hydrogen (secondary N) is 1. The molecule has 0 spiro atoms. The van der Waals surface area contributed by atoms with Crippen molar-refractivity contribution in [2.24, 2.45) is 10.7 Å². The summed E-state index contributed by atoms with van der Waals surface area (Å²) >= 11 is 0. The van der Waals surface area contributed by atoms with E-state index in [1.165, 1.54) is 0 Å². The van der Waals surface area contributed by atoms with E-state index in [9.17, 15) is 4.39 Å². The number of halogens is 1. The van der Waals surface area contributed by atoms with Crippen molar-refractivity contribution in [3.05, 3.63) is 71.7 Å². The van der Waals surface area contributed by atoms with E-state index < -0.39 is 0 Å². The van der Waals surface area contributed by atoms with Gasteiger partial charge in [0.25, 0.3) is 0 Å². The molecular formula is C23H27FN4O3. The number of hydrogen-bond acceptors (Lipinski definition) is 5. The molecule has 8 heteroatoms. The number of nitrogens with two attached hydrogens (primary N) is 1. The zero-order valence-electron chi connectivity index (χ0n) is 17.3. The lowest BCUT2D eigenvalue weighted by Crippen LogP contribution is -2.23. The highest BCUT2D eigenvalue weighted by Crippen LogP contribution is 2.24. The molecule has 0 saturated carbocycles. The molecule has 0 fully saturated rings. The van der Waals surface area contributed by atoms with Crippen LogP contribution in [0.25, 0.3) is 11.1 Å². The van der Waals surface area contributed by atoms with E-state index in [4.69, 9.17) is 20.1 Å². The monoisotopic (exact) mass is 426 g/mol. The molecule has 1 aromatic heterocycles. The third-order valence-electron chi connectivity index (χ3n) is 4.56. The number of guanidine groups is 1. The Balaban J connectivity index is 1.47. The number of aliphatic hydroxyl groups is 1. The molecule has 2 aromatic carbocycles. The van der Waals surface area contributed by atoms with Gasteiger partial charge in [-0.05, 0) is 36.5 Å². The first-order valence-electron chi connectivity index (χ1n) is 10.2. The largest absolute Gasteiger partial charge is 0.396 e. The number of rotatable bonds is 11. The zero-order chi connectivity index (χ0) is 21.9. The summed E-state index contributed by atoms with van der Waals surface area (Å²) in [6.45, 7) is 1.41. The van der Waals surface area contributed by atoms with Gasteiger partial charge in [0.15, 0.2) is 5.96 Å². The fourth-order valence-electron chi connectivity index (χ4n) is 2.99. The number of anilines is 1. The maximum absolute atomic E-state index is 14.5. The number of benzene rings is 2. The predicted octanol–water partition coefficient (Wildman–Crippen LogP) is 3.39. The van der Waals surface area contributed by atoms with Gasteiger partial charge in [0, 0.05) is 24.8 Å². The van der Waals surface area contributed by atoms with Gasteiger partial charge in [-0.1, -0.05) is 47.6 Å². The van der Waals surface area contributed by atoms with E-state index in [1.54, 1.807) is 18.2 Å². The molecule has 3 aromatic rings. The lowest BCUT2D eigenvalue weighted by molar-refractivity contribution is 0.122. The maximum Gasteiger partial charge on any atom is 0.231 e. The molecule has 31 heavy (non-hydrogen) atoms. The zero-order valence-corrected chi connectivity index (χ0v) is 17.3. The molecule has 4 N–H and O–H groups in total. The van der Waals surface area contributed by atoms with E-state index in [1.807, 2.05) is 36.4 Å². The lowest BCUT2D eigenvalue weighted by atomic mass is 10.0. The molecule has 0 atom stereocenters. The SMILES string of the molecule is NC(=NCCOCCCO)Nc1cc(CCc2ccc(-c3ccccc3)c(F)c2)no1. The summed E-state index contributed by atoms with van der Waals surface area (Å²) in [5.74, 6) is 0.352. The molecule has 164 valence electrons. The van der Waals surface area contributed by atoms with Gasteiger partial charge in [-0.25, -0.2) is 4.39 Å². The van der Waals surface area contributed by atoms with Gasteiger partial charge in [-0.15, -0.1) is 0 Å². The molecule has 0 bridgehead atoms. The standard InChI is InChI=1S/C23H27FN4O3/c24-21-15-17(8-10-20(21)18-5-2-1-3-6-18)7-9-19-16-22(31-28-19)27-23(25)26-11-14-30-13-4-12-29/h1-3,5-6,8,10,15-16,29H,4,7,9,11-14H2,(H3,25,26,27). The van der Waals surface area contributed by atoms with E-state index in [-0.39, 0.29) is 18.4 Å². The van der Waals surface area contributed by atoms with Crippen LogP contribution in [-0.2, 0) is 17.6 Å². The van der Waals surface area contributed by atoms with Crippen molar-refractivity contribution in [1.82, 2.24) is 5.16 Å². The summed E-state index contributed by atoms with van der Waals surface area (Å²) in [6, 6.07) is 16.5. The van der Waals surface area contributed by atoms with Crippen LogP contribution in [0.4, 0.5) is 10.3 Å². The third-order valence-corrected chi connectivity index (χ3v) is 4.56. The molecule has 0 saturated heterocycles. The number of hydrogen-bond donors (Lipinski definition) is 3.